The summed E-state index contributed by atoms with van der Waals surface area (Å²) in [6, 6.07) is 9.89. The van der Waals surface area contributed by atoms with Gasteiger partial charge in [-0.05, 0) is 49.1 Å². The van der Waals surface area contributed by atoms with Crippen molar-refractivity contribution in [3.8, 4) is 22.6 Å². The van der Waals surface area contributed by atoms with Gasteiger partial charge in [-0.2, -0.15) is 0 Å². The van der Waals surface area contributed by atoms with E-state index >= 15 is 0 Å². The second kappa shape index (κ2) is 9.70. The molecule has 3 rings (SSSR count). The van der Waals surface area contributed by atoms with Crippen molar-refractivity contribution in [2.45, 2.75) is 39.7 Å². The lowest BCUT2D eigenvalue weighted by Gasteiger charge is -2.15. The number of carbonyl (C=O) groups excluding carboxylic acids is 1. The third-order valence-corrected chi connectivity index (χ3v) is 4.73. The maximum Gasteiger partial charge on any atom is 0.412 e. The largest absolute Gasteiger partial charge is 0.412 e. The first-order valence-corrected chi connectivity index (χ1v) is 10.1. The van der Waals surface area contributed by atoms with Gasteiger partial charge in [0, 0.05) is 18.7 Å². The summed E-state index contributed by atoms with van der Waals surface area (Å²) in [4.78, 5) is 12.3. The molecule has 0 unspecified atom stereocenters. The van der Waals surface area contributed by atoms with Crippen molar-refractivity contribution in [1.29, 1.82) is 0 Å². The molecule has 0 aliphatic carbocycles. The number of nitrogens with one attached hydrogen (secondary N) is 1. The Kier molecular flexibility index (Phi) is 7.02. The predicted molar refractivity (Wildman–Crippen MR) is 116 cm³/mol. The molecule has 1 atom stereocenters. The first kappa shape index (κ1) is 22.4. The zero-order chi connectivity index (χ0) is 22.5. The number of aryl methyl sites for hydroxylation is 1. The minimum atomic E-state index is -0.625. The minimum absolute atomic E-state index is 0.164. The Labute approximate surface area is 181 Å². The van der Waals surface area contributed by atoms with E-state index < -0.39 is 6.09 Å². The van der Waals surface area contributed by atoms with E-state index in [0.717, 1.165) is 11.3 Å². The lowest BCUT2D eigenvalue weighted by atomic mass is 10.0. The van der Waals surface area contributed by atoms with Crippen LogP contribution in [-0.4, -0.2) is 40.8 Å². The standard InChI is InChI=1S/C23H27FN4O3/c1-14(2)22-12-25-27-28(22)18-9-17(20-7-6-15(3)8-21(20)24)10-19(11-18)31-23(29)26-16(4)13-30-5/h6-12,14,16H,13H2,1-5H3,(H,26,29)/t16-/m1/s1. The van der Waals surface area contributed by atoms with Crippen molar-refractivity contribution < 1.29 is 18.7 Å². The number of methoxy groups -OCH3 is 1. The van der Waals surface area contributed by atoms with Crippen LogP contribution in [0.25, 0.3) is 16.8 Å². The van der Waals surface area contributed by atoms with Gasteiger partial charge in [-0.3, -0.25) is 0 Å². The van der Waals surface area contributed by atoms with Gasteiger partial charge in [0.15, 0.2) is 0 Å². The molecule has 31 heavy (non-hydrogen) atoms. The van der Waals surface area contributed by atoms with Crippen LogP contribution in [0, 0.1) is 12.7 Å². The Hall–Kier alpha value is -3.26. The maximum atomic E-state index is 14.7. The van der Waals surface area contributed by atoms with Gasteiger partial charge in [0.2, 0.25) is 0 Å². The first-order chi connectivity index (χ1) is 14.8. The molecule has 8 heteroatoms. The molecule has 0 saturated heterocycles. The summed E-state index contributed by atoms with van der Waals surface area (Å²) in [5.41, 5.74) is 3.28. The summed E-state index contributed by atoms with van der Waals surface area (Å²) in [6.07, 6.45) is 1.06. The summed E-state index contributed by atoms with van der Waals surface area (Å²) in [5.74, 6) is 0.0704. The molecule has 0 spiro atoms. The lowest BCUT2D eigenvalue weighted by molar-refractivity contribution is 0.159. The topological polar surface area (TPSA) is 78.3 Å². The zero-order valence-corrected chi connectivity index (χ0v) is 18.3. The SMILES string of the molecule is COC[C@@H](C)NC(=O)Oc1cc(-c2ccc(C)cc2F)cc(-n2nncc2C(C)C)c1. The van der Waals surface area contributed by atoms with E-state index in [1.54, 1.807) is 49.2 Å². The number of halogens is 1. The van der Waals surface area contributed by atoms with Crippen molar-refractivity contribution >= 4 is 6.09 Å². The molecule has 1 aromatic heterocycles. The monoisotopic (exact) mass is 426 g/mol. The number of carbonyl (C=O) groups is 1. The number of benzene rings is 2. The Bertz CT molecular complexity index is 1060. The minimum Gasteiger partial charge on any atom is -0.410 e. The molecule has 0 saturated carbocycles. The molecular formula is C23H27FN4O3. The molecule has 2 aromatic carbocycles. The van der Waals surface area contributed by atoms with Crippen LogP contribution in [0.3, 0.4) is 0 Å². The average Bonchev–Trinajstić information content (AvgIpc) is 3.18. The van der Waals surface area contributed by atoms with Crippen molar-refractivity contribution in [1.82, 2.24) is 20.3 Å². The van der Waals surface area contributed by atoms with Crippen molar-refractivity contribution in [3.05, 3.63) is 59.7 Å². The Morgan fingerprint density at radius 2 is 1.97 bits per heavy atom. The molecule has 0 aliphatic heterocycles. The van der Waals surface area contributed by atoms with E-state index in [1.807, 2.05) is 26.8 Å². The number of aromatic nitrogens is 3. The van der Waals surface area contributed by atoms with Gasteiger partial charge < -0.3 is 14.8 Å². The molecular weight excluding hydrogens is 399 g/mol. The highest BCUT2D eigenvalue weighted by molar-refractivity contribution is 5.74. The molecule has 0 fully saturated rings. The summed E-state index contributed by atoms with van der Waals surface area (Å²) in [5, 5.41) is 10.9. The molecule has 0 radical (unpaired) electrons. The number of ether oxygens (including phenoxy) is 2. The summed E-state index contributed by atoms with van der Waals surface area (Å²) in [6.45, 7) is 8.04. The lowest BCUT2D eigenvalue weighted by Crippen LogP contribution is -2.37. The fraction of sp³-hybridized carbons (Fsp3) is 0.348. The molecule has 1 heterocycles. The molecule has 0 bridgehead atoms. The van der Waals surface area contributed by atoms with Gasteiger partial charge >= 0.3 is 6.09 Å². The van der Waals surface area contributed by atoms with Crippen LogP contribution in [0.5, 0.6) is 5.75 Å². The number of nitrogens with zero attached hydrogens (tertiary/aromatic N) is 3. The smallest absolute Gasteiger partial charge is 0.410 e. The Balaban J connectivity index is 2.04. The van der Waals surface area contributed by atoms with Crippen LogP contribution >= 0.6 is 0 Å². The van der Waals surface area contributed by atoms with Gasteiger partial charge in [0.05, 0.1) is 30.2 Å². The van der Waals surface area contributed by atoms with E-state index in [4.69, 9.17) is 9.47 Å². The van der Waals surface area contributed by atoms with Crippen LogP contribution in [0.2, 0.25) is 0 Å². The van der Waals surface area contributed by atoms with Crippen LogP contribution in [-0.2, 0) is 4.74 Å². The van der Waals surface area contributed by atoms with Gasteiger partial charge in [-0.25, -0.2) is 13.9 Å². The quantitative estimate of drug-likeness (QED) is 0.596. The highest BCUT2D eigenvalue weighted by Gasteiger charge is 2.16. The van der Waals surface area contributed by atoms with Crippen LogP contribution < -0.4 is 10.1 Å². The molecule has 7 nitrogen and oxygen atoms in total. The number of amides is 1. The van der Waals surface area contributed by atoms with Gasteiger partial charge in [0.25, 0.3) is 0 Å². The van der Waals surface area contributed by atoms with Gasteiger partial charge in [0.1, 0.15) is 11.6 Å². The van der Waals surface area contributed by atoms with Crippen molar-refractivity contribution in [3.63, 3.8) is 0 Å². The predicted octanol–water partition coefficient (Wildman–Crippen LogP) is 4.63. The fourth-order valence-corrected chi connectivity index (χ4v) is 3.24. The number of hydrogen-bond acceptors (Lipinski definition) is 5. The van der Waals surface area contributed by atoms with E-state index in [2.05, 4.69) is 15.6 Å². The van der Waals surface area contributed by atoms with Crippen LogP contribution in [0.15, 0.2) is 42.6 Å². The third kappa shape index (κ3) is 5.46. The summed E-state index contributed by atoms with van der Waals surface area (Å²) >= 11 is 0. The van der Waals surface area contributed by atoms with Crippen LogP contribution in [0.1, 0.15) is 37.9 Å². The molecule has 1 N–H and O–H groups in total. The number of hydrogen-bond donors (Lipinski definition) is 1. The summed E-state index contributed by atoms with van der Waals surface area (Å²) in [7, 11) is 1.56. The fourth-order valence-electron chi connectivity index (χ4n) is 3.24. The molecule has 3 aromatic rings. The highest BCUT2D eigenvalue weighted by atomic mass is 19.1. The zero-order valence-electron chi connectivity index (χ0n) is 18.3. The normalized spacial score (nSPS) is 12.1. The molecule has 1 amide bonds. The van der Waals surface area contributed by atoms with Crippen LogP contribution in [0.4, 0.5) is 9.18 Å². The highest BCUT2D eigenvalue weighted by Crippen LogP contribution is 2.31. The van der Waals surface area contributed by atoms with E-state index in [1.165, 1.54) is 6.07 Å². The molecule has 164 valence electrons. The van der Waals surface area contributed by atoms with E-state index in [9.17, 15) is 9.18 Å². The average molecular weight is 426 g/mol. The van der Waals surface area contributed by atoms with Gasteiger partial charge in [-0.1, -0.05) is 31.2 Å². The van der Waals surface area contributed by atoms with Crippen molar-refractivity contribution in [2.75, 3.05) is 13.7 Å². The maximum absolute atomic E-state index is 14.7. The second-order valence-electron chi connectivity index (χ2n) is 7.81. The Morgan fingerprint density at radius 1 is 1.19 bits per heavy atom. The molecule has 0 aliphatic rings. The first-order valence-electron chi connectivity index (χ1n) is 10.1. The van der Waals surface area contributed by atoms with E-state index in [0.29, 0.717) is 23.4 Å². The van der Waals surface area contributed by atoms with Crippen molar-refractivity contribution in [2.24, 2.45) is 0 Å². The van der Waals surface area contributed by atoms with E-state index in [-0.39, 0.29) is 23.5 Å². The summed E-state index contributed by atoms with van der Waals surface area (Å²) < 4.78 is 26.9. The number of rotatable bonds is 7. The van der Waals surface area contributed by atoms with Gasteiger partial charge in [-0.15, -0.1) is 5.10 Å². The Morgan fingerprint density at radius 3 is 2.65 bits per heavy atom. The third-order valence-electron chi connectivity index (χ3n) is 4.73. The second-order valence-corrected chi connectivity index (χ2v) is 7.81.